The molecule has 0 aliphatic rings. The zero-order chi connectivity index (χ0) is 13.8. The number of carbonyl (C=O) groups excluding carboxylic acids is 1. The first kappa shape index (κ1) is 13.7. The molecule has 2 aromatic rings. The zero-order valence-corrected chi connectivity index (χ0v) is 11.0. The number of rotatable bonds is 4. The van der Waals surface area contributed by atoms with E-state index in [1.807, 2.05) is 24.3 Å². The van der Waals surface area contributed by atoms with Crippen molar-refractivity contribution in [3.8, 4) is 0 Å². The van der Waals surface area contributed by atoms with Gasteiger partial charge in [0.2, 0.25) is 0 Å². The minimum absolute atomic E-state index is 0.163. The van der Waals surface area contributed by atoms with Crippen LogP contribution in [0.25, 0.3) is 0 Å². The molecule has 0 aliphatic carbocycles. The Morgan fingerprint density at radius 2 is 1.84 bits per heavy atom. The molecule has 0 aromatic heterocycles. The third-order valence-corrected chi connectivity index (χ3v) is 3.25. The first-order chi connectivity index (χ1) is 9.11. The number of halogens is 2. The number of Topliss-reactive ketones (excluding diaryl/α,β-unsaturated/α-hetero) is 1. The van der Waals surface area contributed by atoms with Crippen molar-refractivity contribution in [2.24, 2.45) is 5.73 Å². The molecule has 0 saturated heterocycles. The number of nitrogens with two attached hydrogens (primary N) is 1. The van der Waals surface area contributed by atoms with Crippen molar-refractivity contribution in [2.45, 2.75) is 13.0 Å². The molecule has 0 saturated carbocycles. The molecule has 19 heavy (non-hydrogen) atoms. The molecule has 2 nitrogen and oxygen atoms in total. The lowest BCUT2D eigenvalue weighted by atomic mass is 9.99. The summed E-state index contributed by atoms with van der Waals surface area (Å²) in [6.45, 7) is 0.361. The van der Waals surface area contributed by atoms with Crippen molar-refractivity contribution in [1.82, 2.24) is 0 Å². The fraction of sp³-hybridized carbons (Fsp3) is 0.133. The summed E-state index contributed by atoms with van der Waals surface area (Å²) in [5.41, 5.74) is 7.57. The summed E-state index contributed by atoms with van der Waals surface area (Å²) in [6.07, 6.45) is 0.163. The van der Waals surface area contributed by atoms with Crippen LogP contribution < -0.4 is 5.73 Å². The molecule has 0 unspecified atom stereocenters. The van der Waals surface area contributed by atoms with Gasteiger partial charge in [-0.05, 0) is 29.3 Å². The van der Waals surface area contributed by atoms with E-state index in [1.165, 1.54) is 12.1 Å². The van der Waals surface area contributed by atoms with Crippen molar-refractivity contribution < 1.29 is 9.18 Å². The first-order valence-electron chi connectivity index (χ1n) is 5.87. The maximum absolute atomic E-state index is 13.2. The quantitative estimate of drug-likeness (QED) is 0.871. The van der Waals surface area contributed by atoms with Gasteiger partial charge in [0.1, 0.15) is 5.82 Å². The SMILES string of the molecule is NCc1ccccc1CC(=O)c1cc(F)ccc1Cl. The van der Waals surface area contributed by atoms with Gasteiger partial charge in [-0.15, -0.1) is 0 Å². The summed E-state index contributed by atoms with van der Waals surface area (Å²) in [6, 6.07) is 11.2. The van der Waals surface area contributed by atoms with Crippen molar-refractivity contribution in [2.75, 3.05) is 0 Å². The summed E-state index contributed by atoms with van der Waals surface area (Å²) in [7, 11) is 0. The summed E-state index contributed by atoms with van der Waals surface area (Å²) in [5, 5.41) is 0.261. The van der Waals surface area contributed by atoms with Crippen LogP contribution in [0.3, 0.4) is 0 Å². The highest BCUT2D eigenvalue weighted by Gasteiger charge is 2.13. The smallest absolute Gasteiger partial charge is 0.168 e. The molecule has 0 fully saturated rings. The lowest BCUT2D eigenvalue weighted by molar-refractivity contribution is 0.0992. The fourth-order valence-electron chi connectivity index (χ4n) is 1.91. The van der Waals surface area contributed by atoms with Gasteiger partial charge in [0.25, 0.3) is 0 Å². The zero-order valence-electron chi connectivity index (χ0n) is 10.2. The number of benzene rings is 2. The molecular weight excluding hydrogens is 265 g/mol. The topological polar surface area (TPSA) is 43.1 Å². The largest absolute Gasteiger partial charge is 0.326 e. The third-order valence-electron chi connectivity index (χ3n) is 2.92. The minimum atomic E-state index is -0.472. The molecule has 0 spiro atoms. The molecule has 2 N–H and O–H groups in total. The average Bonchev–Trinajstić information content (AvgIpc) is 2.42. The molecule has 0 atom stereocenters. The van der Waals surface area contributed by atoms with Crippen LogP contribution in [0.5, 0.6) is 0 Å². The molecule has 0 radical (unpaired) electrons. The normalized spacial score (nSPS) is 10.5. The van der Waals surface area contributed by atoms with E-state index >= 15 is 0 Å². The second kappa shape index (κ2) is 5.95. The number of ketones is 1. The Morgan fingerprint density at radius 1 is 1.16 bits per heavy atom. The highest BCUT2D eigenvalue weighted by molar-refractivity contribution is 6.34. The number of carbonyl (C=O) groups is 1. The highest BCUT2D eigenvalue weighted by atomic mass is 35.5. The van der Waals surface area contributed by atoms with E-state index in [0.29, 0.717) is 6.54 Å². The average molecular weight is 278 g/mol. The van der Waals surface area contributed by atoms with Crippen LogP contribution in [0.4, 0.5) is 4.39 Å². The molecule has 4 heteroatoms. The maximum atomic E-state index is 13.2. The lowest BCUT2D eigenvalue weighted by Crippen LogP contribution is -2.09. The molecule has 98 valence electrons. The monoisotopic (exact) mass is 277 g/mol. The maximum Gasteiger partial charge on any atom is 0.168 e. The van der Waals surface area contributed by atoms with Gasteiger partial charge in [-0.2, -0.15) is 0 Å². The van der Waals surface area contributed by atoms with Gasteiger partial charge in [-0.1, -0.05) is 35.9 Å². The van der Waals surface area contributed by atoms with E-state index in [9.17, 15) is 9.18 Å². The Morgan fingerprint density at radius 3 is 2.53 bits per heavy atom. The second-order valence-corrected chi connectivity index (χ2v) is 4.60. The van der Waals surface area contributed by atoms with Gasteiger partial charge in [0.15, 0.2) is 5.78 Å². The summed E-state index contributed by atoms with van der Waals surface area (Å²) >= 11 is 5.92. The van der Waals surface area contributed by atoms with Crippen molar-refractivity contribution in [3.05, 3.63) is 70.0 Å². The van der Waals surface area contributed by atoms with E-state index in [4.69, 9.17) is 17.3 Å². The lowest BCUT2D eigenvalue weighted by Gasteiger charge is -2.08. The van der Waals surface area contributed by atoms with Crippen molar-refractivity contribution >= 4 is 17.4 Å². The molecular formula is C15H13ClFNO. The van der Waals surface area contributed by atoms with Gasteiger partial charge in [0.05, 0.1) is 5.02 Å². The van der Waals surface area contributed by atoms with Crippen LogP contribution in [0.2, 0.25) is 5.02 Å². The Labute approximate surface area is 116 Å². The minimum Gasteiger partial charge on any atom is -0.326 e. The van der Waals surface area contributed by atoms with Gasteiger partial charge >= 0.3 is 0 Å². The molecule has 2 rings (SSSR count). The van der Waals surface area contributed by atoms with Crippen LogP contribution in [0, 0.1) is 5.82 Å². The van der Waals surface area contributed by atoms with Crippen molar-refractivity contribution in [1.29, 1.82) is 0 Å². The Bertz CT molecular complexity index is 613. The van der Waals surface area contributed by atoms with Crippen LogP contribution in [-0.2, 0) is 13.0 Å². The Hall–Kier alpha value is -1.71. The standard InChI is InChI=1S/C15H13ClFNO/c16-14-6-5-12(17)8-13(14)15(19)7-10-3-1-2-4-11(10)9-18/h1-6,8H,7,9,18H2. The summed E-state index contributed by atoms with van der Waals surface area (Å²) in [5.74, 6) is -0.690. The summed E-state index contributed by atoms with van der Waals surface area (Å²) in [4.78, 5) is 12.2. The van der Waals surface area contributed by atoms with E-state index in [-0.39, 0.29) is 22.8 Å². The highest BCUT2D eigenvalue weighted by Crippen LogP contribution is 2.20. The number of hydrogen-bond donors (Lipinski definition) is 1. The molecule has 0 bridgehead atoms. The predicted molar refractivity (Wildman–Crippen MR) is 73.8 cm³/mol. The van der Waals surface area contributed by atoms with Gasteiger partial charge in [0, 0.05) is 18.5 Å². The Kier molecular flexibility index (Phi) is 4.30. The van der Waals surface area contributed by atoms with E-state index < -0.39 is 5.82 Å². The summed E-state index contributed by atoms with van der Waals surface area (Å²) < 4.78 is 13.2. The first-order valence-corrected chi connectivity index (χ1v) is 6.24. The fourth-order valence-corrected chi connectivity index (χ4v) is 2.13. The van der Waals surface area contributed by atoms with E-state index in [2.05, 4.69) is 0 Å². The second-order valence-electron chi connectivity index (χ2n) is 4.20. The van der Waals surface area contributed by atoms with Crippen LogP contribution >= 0.6 is 11.6 Å². The van der Waals surface area contributed by atoms with E-state index in [0.717, 1.165) is 17.2 Å². The molecule has 0 heterocycles. The van der Waals surface area contributed by atoms with Crippen LogP contribution in [0.1, 0.15) is 21.5 Å². The number of hydrogen-bond acceptors (Lipinski definition) is 2. The van der Waals surface area contributed by atoms with E-state index in [1.54, 1.807) is 0 Å². The van der Waals surface area contributed by atoms with Gasteiger partial charge < -0.3 is 5.73 Å². The molecule has 2 aromatic carbocycles. The van der Waals surface area contributed by atoms with Crippen LogP contribution in [0.15, 0.2) is 42.5 Å². The van der Waals surface area contributed by atoms with Crippen LogP contribution in [-0.4, -0.2) is 5.78 Å². The predicted octanol–water partition coefficient (Wildman–Crippen LogP) is 3.36. The van der Waals surface area contributed by atoms with Gasteiger partial charge in [-0.3, -0.25) is 4.79 Å². The molecule has 0 amide bonds. The Balaban J connectivity index is 2.28. The molecule has 0 aliphatic heterocycles. The third kappa shape index (κ3) is 3.19. The van der Waals surface area contributed by atoms with Crippen molar-refractivity contribution in [3.63, 3.8) is 0 Å². The van der Waals surface area contributed by atoms with Gasteiger partial charge in [-0.25, -0.2) is 4.39 Å².